The minimum Gasteiger partial charge on any atom is -0.465 e. The minimum atomic E-state index is -4.08. The van der Waals surface area contributed by atoms with Gasteiger partial charge in [-0.25, -0.2) is 4.79 Å². The summed E-state index contributed by atoms with van der Waals surface area (Å²) in [5.74, 6) is -0.291. The number of likely N-dealkylation sites (N-methyl/N-ethyl adjacent to an activating group) is 2. The summed E-state index contributed by atoms with van der Waals surface area (Å²) in [4.78, 5) is 12.1. The van der Waals surface area contributed by atoms with Gasteiger partial charge >= 0.3 is 12.1 Å². The molecule has 22 heavy (non-hydrogen) atoms. The van der Waals surface area contributed by atoms with Crippen LogP contribution < -0.4 is 5.32 Å². The molecule has 0 aromatic heterocycles. The van der Waals surface area contributed by atoms with Crippen molar-refractivity contribution in [3.8, 4) is 0 Å². The Hall–Kier alpha value is -1.60. The second-order valence-corrected chi connectivity index (χ2v) is 4.45. The highest BCUT2D eigenvalue weighted by Gasteiger charge is 2.29. The van der Waals surface area contributed by atoms with Gasteiger partial charge in [-0.2, -0.15) is 13.2 Å². The number of carbonyl (C=O) groups excluding carboxylic acids is 1. The highest BCUT2D eigenvalue weighted by Crippen LogP contribution is 2.15. The molecule has 0 aliphatic carbocycles. The second-order valence-electron chi connectivity index (χ2n) is 4.45. The second kappa shape index (κ2) is 11.0. The van der Waals surface area contributed by atoms with Crippen molar-refractivity contribution in [2.75, 3.05) is 40.3 Å². The summed E-state index contributed by atoms with van der Waals surface area (Å²) >= 11 is 0. The van der Waals surface area contributed by atoms with Gasteiger partial charge in [0, 0.05) is 13.1 Å². The number of ether oxygens (including phenoxy) is 1. The van der Waals surface area contributed by atoms with Crippen LogP contribution in [0.4, 0.5) is 13.2 Å². The molecule has 0 radical (unpaired) electrons. The lowest BCUT2D eigenvalue weighted by atomic mass is 10.2. The Morgan fingerprint density at radius 3 is 2.27 bits per heavy atom. The monoisotopic (exact) mass is 320 g/mol. The highest BCUT2D eigenvalue weighted by atomic mass is 19.4. The summed E-state index contributed by atoms with van der Waals surface area (Å²) in [6, 6.07) is 8.88. The fourth-order valence-electron chi connectivity index (χ4n) is 1.56. The Bertz CT molecular complexity index is 411. The summed E-state index contributed by atoms with van der Waals surface area (Å²) in [6.07, 6.45) is -4.08. The van der Waals surface area contributed by atoms with E-state index in [0.717, 1.165) is 0 Å². The van der Waals surface area contributed by atoms with Crippen LogP contribution in [0, 0.1) is 0 Å². The Balaban J connectivity index is 0.000000406. The van der Waals surface area contributed by atoms with Crippen molar-refractivity contribution < 1.29 is 22.7 Å². The molecule has 0 unspecified atom stereocenters. The number of methoxy groups -OCH3 is 1. The van der Waals surface area contributed by atoms with Crippen LogP contribution in [0.15, 0.2) is 30.3 Å². The van der Waals surface area contributed by atoms with Crippen LogP contribution in [0.1, 0.15) is 17.3 Å². The summed E-state index contributed by atoms with van der Waals surface area (Å²) in [7, 11) is 3.09. The summed E-state index contributed by atoms with van der Waals surface area (Å²) in [5, 5.41) is 2.81. The maximum atomic E-state index is 11.9. The van der Waals surface area contributed by atoms with E-state index in [9.17, 15) is 18.0 Å². The lowest BCUT2D eigenvalue weighted by Crippen LogP contribution is -2.37. The molecule has 0 saturated carbocycles. The van der Waals surface area contributed by atoms with E-state index in [1.807, 2.05) is 6.07 Å². The van der Waals surface area contributed by atoms with Crippen molar-refractivity contribution in [2.24, 2.45) is 0 Å². The molecule has 0 spiro atoms. The zero-order valence-corrected chi connectivity index (χ0v) is 13.1. The fraction of sp³-hybridized carbons (Fsp3) is 0.533. The first-order valence-corrected chi connectivity index (χ1v) is 6.91. The van der Waals surface area contributed by atoms with Crippen molar-refractivity contribution in [1.29, 1.82) is 0 Å². The number of esters is 1. The summed E-state index contributed by atoms with van der Waals surface area (Å²) in [6.45, 7) is 2.37. The van der Waals surface area contributed by atoms with Crippen molar-refractivity contribution >= 4 is 5.97 Å². The van der Waals surface area contributed by atoms with Gasteiger partial charge in [-0.3, -0.25) is 4.90 Å². The van der Waals surface area contributed by atoms with Gasteiger partial charge in [0.2, 0.25) is 0 Å². The first-order valence-electron chi connectivity index (χ1n) is 6.91. The number of halogens is 3. The molecule has 0 amide bonds. The summed E-state index contributed by atoms with van der Waals surface area (Å²) < 4.78 is 40.1. The molecule has 0 atom stereocenters. The van der Waals surface area contributed by atoms with Crippen LogP contribution in [0.25, 0.3) is 0 Å². The van der Waals surface area contributed by atoms with Crippen LogP contribution in [-0.2, 0) is 4.74 Å². The van der Waals surface area contributed by atoms with E-state index in [4.69, 9.17) is 0 Å². The standard InChI is InChI=1S/C8H8O2.C7H15F3N2/c1-10-8(9)7-5-3-2-4-6-7;1-3-12(5-4-11-2)6-7(8,9)10/h2-6H,1H3;11H,3-6H2,1-2H3. The predicted molar refractivity (Wildman–Crippen MR) is 79.9 cm³/mol. The van der Waals surface area contributed by atoms with Crippen LogP contribution in [0.2, 0.25) is 0 Å². The molecule has 4 nitrogen and oxygen atoms in total. The Morgan fingerprint density at radius 1 is 1.27 bits per heavy atom. The average Bonchev–Trinajstić information content (AvgIpc) is 2.51. The zero-order chi connectivity index (χ0) is 17.0. The van der Waals surface area contributed by atoms with Crippen molar-refractivity contribution in [2.45, 2.75) is 13.1 Å². The third-order valence-electron chi connectivity index (χ3n) is 2.72. The molecule has 1 rings (SSSR count). The number of hydrogen-bond donors (Lipinski definition) is 1. The van der Waals surface area contributed by atoms with Gasteiger partial charge in [-0.1, -0.05) is 25.1 Å². The number of alkyl halides is 3. The topological polar surface area (TPSA) is 41.6 Å². The van der Waals surface area contributed by atoms with E-state index in [-0.39, 0.29) is 5.97 Å². The number of carbonyl (C=O) groups is 1. The van der Waals surface area contributed by atoms with Crippen LogP contribution in [0.3, 0.4) is 0 Å². The number of nitrogens with one attached hydrogen (secondary N) is 1. The van der Waals surface area contributed by atoms with E-state index >= 15 is 0 Å². The van der Waals surface area contributed by atoms with Gasteiger partial charge in [0.25, 0.3) is 0 Å². The van der Waals surface area contributed by atoms with Crippen molar-refractivity contribution in [3.63, 3.8) is 0 Å². The lowest BCUT2D eigenvalue weighted by Gasteiger charge is -2.21. The molecule has 0 fully saturated rings. The molecule has 0 heterocycles. The van der Waals surface area contributed by atoms with E-state index in [2.05, 4.69) is 10.1 Å². The summed E-state index contributed by atoms with van der Waals surface area (Å²) in [5.41, 5.74) is 0.588. The van der Waals surface area contributed by atoms with E-state index < -0.39 is 12.7 Å². The minimum absolute atomic E-state index is 0.291. The maximum Gasteiger partial charge on any atom is 0.401 e. The first-order chi connectivity index (χ1) is 10.3. The van der Waals surface area contributed by atoms with Crippen LogP contribution in [0.5, 0.6) is 0 Å². The van der Waals surface area contributed by atoms with E-state index in [1.165, 1.54) is 12.0 Å². The van der Waals surface area contributed by atoms with Crippen molar-refractivity contribution in [3.05, 3.63) is 35.9 Å². The molecule has 0 aliphatic heterocycles. The SMILES string of the molecule is CCN(CCNC)CC(F)(F)F.COC(=O)c1ccccc1. The van der Waals surface area contributed by atoms with Gasteiger partial charge < -0.3 is 10.1 Å². The first kappa shape index (κ1) is 20.4. The Kier molecular flexibility index (Phi) is 10.2. The molecule has 7 heteroatoms. The molecule has 1 aromatic rings. The average molecular weight is 320 g/mol. The number of nitrogens with zero attached hydrogens (tertiary/aromatic N) is 1. The third-order valence-corrected chi connectivity index (χ3v) is 2.72. The van der Waals surface area contributed by atoms with Crippen LogP contribution >= 0.6 is 0 Å². The van der Waals surface area contributed by atoms with Gasteiger partial charge in [0.05, 0.1) is 19.2 Å². The fourth-order valence-corrected chi connectivity index (χ4v) is 1.56. The highest BCUT2D eigenvalue weighted by molar-refractivity contribution is 5.89. The normalized spacial score (nSPS) is 10.9. The maximum absolute atomic E-state index is 11.9. The van der Waals surface area contributed by atoms with Crippen molar-refractivity contribution in [1.82, 2.24) is 10.2 Å². The van der Waals surface area contributed by atoms with Crippen LogP contribution in [-0.4, -0.2) is 57.4 Å². The van der Waals surface area contributed by atoms with Gasteiger partial charge in [0.15, 0.2) is 0 Å². The van der Waals surface area contributed by atoms with Gasteiger partial charge in [-0.15, -0.1) is 0 Å². The van der Waals surface area contributed by atoms with Gasteiger partial charge in [-0.05, 0) is 25.7 Å². The molecule has 1 N–H and O–H groups in total. The molecule has 1 aromatic carbocycles. The zero-order valence-electron chi connectivity index (χ0n) is 13.1. The molecule has 0 aliphatic rings. The van der Waals surface area contributed by atoms with E-state index in [0.29, 0.717) is 25.2 Å². The largest absolute Gasteiger partial charge is 0.465 e. The number of benzene rings is 1. The third kappa shape index (κ3) is 10.2. The van der Waals surface area contributed by atoms with Gasteiger partial charge in [0.1, 0.15) is 0 Å². The van der Waals surface area contributed by atoms with E-state index in [1.54, 1.807) is 38.2 Å². The molecular weight excluding hydrogens is 297 g/mol. The smallest absolute Gasteiger partial charge is 0.401 e. The molecule has 0 bridgehead atoms. The quantitative estimate of drug-likeness (QED) is 0.818. The number of rotatable bonds is 6. The number of hydrogen-bond acceptors (Lipinski definition) is 4. The lowest BCUT2D eigenvalue weighted by molar-refractivity contribution is -0.145. The molecule has 0 saturated heterocycles. The molecule has 126 valence electrons. The predicted octanol–water partition coefficient (Wildman–Crippen LogP) is 2.56. The Morgan fingerprint density at radius 2 is 1.86 bits per heavy atom. The molecular formula is C15H23F3N2O2. The Labute approximate surface area is 129 Å².